The molecule has 0 aliphatic heterocycles. The molecule has 0 atom stereocenters. The van der Waals surface area contributed by atoms with Crippen LogP contribution in [0.3, 0.4) is 0 Å². The van der Waals surface area contributed by atoms with Crippen molar-refractivity contribution in [3.05, 3.63) is 83.9 Å². The summed E-state index contributed by atoms with van der Waals surface area (Å²) in [6.45, 7) is 7.70. The number of urea groups is 2. The number of hydrogen-bond donors (Lipinski definition) is 4. The molecule has 8 nitrogen and oxygen atoms in total. The number of ether oxygens (including phenoxy) is 2. The van der Waals surface area contributed by atoms with Gasteiger partial charge in [-0.1, -0.05) is 36.4 Å². The summed E-state index contributed by atoms with van der Waals surface area (Å²) in [4.78, 5) is 25.4. The van der Waals surface area contributed by atoms with Gasteiger partial charge in [0.05, 0.1) is 25.3 Å². The molecule has 0 saturated carbocycles. The maximum absolute atomic E-state index is 12.7. The fourth-order valence-corrected chi connectivity index (χ4v) is 3.74. The van der Waals surface area contributed by atoms with E-state index in [0.29, 0.717) is 22.9 Å². The predicted molar refractivity (Wildman–Crippen MR) is 143 cm³/mol. The fourth-order valence-electron chi connectivity index (χ4n) is 3.74. The molecule has 0 saturated heterocycles. The summed E-state index contributed by atoms with van der Waals surface area (Å²) in [5, 5.41) is 11.7. The maximum atomic E-state index is 12.7. The van der Waals surface area contributed by atoms with Crippen molar-refractivity contribution in [3.63, 3.8) is 0 Å². The molecule has 0 aliphatic carbocycles. The number of amides is 4. The number of carbonyl (C=O) groups excluding carboxylic acids is 2. The SMILES string of the molecule is COc1cccc(NC(=O)NC(C)(C)c2cccc(C(C)(C)NC(=O)Nc3cccc(OC)c3)c2)c1. The van der Waals surface area contributed by atoms with Gasteiger partial charge in [0, 0.05) is 23.5 Å². The first-order valence-corrected chi connectivity index (χ1v) is 11.6. The minimum absolute atomic E-state index is 0.339. The first kappa shape index (κ1) is 26.4. The van der Waals surface area contributed by atoms with E-state index < -0.39 is 11.1 Å². The van der Waals surface area contributed by atoms with Crippen LogP contribution in [0, 0.1) is 0 Å². The number of anilines is 2. The van der Waals surface area contributed by atoms with Gasteiger partial charge in [-0.05, 0) is 63.1 Å². The largest absolute Gasteiger partial charge is 0.497 e. The highest BCUT2D eigenvalue weighted by Gasteiger charge is 2.27. The number of benzene rings is 3. The van der Waals surface area contributed by atoms with Gasteiger partial charge in [-0.15, -0.1) is 0 Å². The molecule has 0 unspecified atom stereocenters. The molecule has 0 aromatic heterocycles. The van der Waals surface area contributed by atoms with E-state index in [4.69, 9.17) is 9.47 Å². The van der Waals surface area contributed by atoms with Crippen LogP contribution >= 0.6 is 0 Å². The molecule has 4 N–H and O–H groups in total. The highest BCUT2D eigenvalue weighted by molar-refractivity contribution is 5.90. The van der Waals surface area contributed by atoms with E-state index in [1.165, 1.54) is 0 Å². The second-order valence-electron chi connectivity index (χ2n) is 9.45. The Balaban J connectivity index is 1.69. The average molecular weight is 491 g/mol. The summed E-state index contributed by atoms with van der Waals surface area (Å²) < 4.78 is 10.4. The lowest BCUT2D eigenvalue weighted by molar-refractivity contribution is 0.241. The molecule has 0 spiro atoms. The summed E-state index contributed by atoms with van der Waals surface area (Å²) in [7, 11) is 3.15. The average Bonchev–Trinajstić information content (AvgIpc) is 2.83. The van der Waals surface area contributed by atoms with Gasteiger partial charge in [0.25, 0.3) is 0 Å². The van der Waals surface area contributed by atoms with E-state index in [1.807, 2.05) is 76.2 Å². The fraction of sp³-hybridized carbons (Fsp3) is 0.286. The Morgan fingerprint density at radius 3 is 1.39 bits per heavy atom. The third-order valence-corrected chi connectivity index (χ3v) is 5.81. The number of nitrogens with one attached hydrogen (secondary N) is 4. The second kappa shape index (κ2) is 11.0. The van der Waals surface area contributed by atoms with Gasteiger partial charge in [0.1, 0.15) is 11.5 Å². The Labute approximate surface area is 212 Å². The lowest BCUT2D eigenvalue weighted by Gasteiger charge is -2.31. The molecule has 0 aliphatic rings. The molecule has 36 heavy (non-hydrogen) atoms. The molecule has 0 fully saturated rings. The number of carbonyl (C=O) groups is 2. The number of rotatable bonds is 8. The molecule has 8 heteroatoms. The van der Waals surface area contributed by atoms with Crippen LogP contribution in [-0.4, -0.2) is 26.3 Å². The van der Waals surface area contributed by atoms with Crippen molar-refractivity contribution in [2.75, 3.05) is 24.9 Å². The number of hydrogen-bond acceptors (Lipinski definition) is 4. The Hall–Kier alpha value is -4.20. The van der Waals surface area contributed by atoms with Crippen molar-refractivity contribution in [2.24, 2.45) is 0 Å². The zero-order chi connectivity index (χ0) is 26.3. The van der Waals surface area contributed by atoms with Crippen molar-refractivity contribution in [2.45, 2.75) is 38.8 Å². The smallest absolute Gasteiger partial charge is 0.319 e. The van der Waals surface area contributed by atoms with Crippen molar-refractivity contribution in [3.8, 4) is 11.5 Å². The molecule has 3 aromatic carbocycles. The normalized spacial score (nSPS) is 11.3. The zero-order valence-electron chi connectivity index (χ0n) is 21.6. The maximum Gasteiger partial charge on any atom is 0.319 e. The summed E-state index contributed by atoms with van der Waals surface area (Å²) >= 11 is 0. The van der Waals surface area contributed by atoms with Crippen molar-refractivity contribution in [1.82, 2.24) is 10.6 Å². The van der Waals surface area contributed by atoms with Gasteiger partial charge in [-0.25, -0.2) is 9.59 Å². The Kier molecular flexibility index (Phi) is 8.09. The molecule has 0 bridgehead atoms. The van der Waals surface area contributed by atoms with E-state index >= 15 is 0 Å². The predicted octanol–water partition coefficient (Wildman–Crippen LogP) is 5.82. The summed E-state index contributed by atoms with van der Waals surface area (Å²) in [6, 6.07) is 21.4. The van der Waals surface area contributed by atoms with Crippen LogP contribution in [0.25, 0.3) is 0 Å². The van der Waals surface area contributed by atoms with E-state index in [-0.39, 0.29) is 12.1 Å². The highest BCUT2D eigenvalue weighted by Crippen LogP contribution is 2.27. The molecule has 3 aromatic rings. The Bertz CT molecular complexity index is 1130. The van der Waals surface area contributed by atoms with Crippen LogP contribution in [0.5, 0.6) is 11.5 Å². The van der Waals surface area contributed by atoms with Crippen LogP contribution in [0.1, 0.15) is 38.8 Å². The molecule has 3 rings (SSSR count). The Morgan fingerprint density at radius 2 is 1.00 bits per heavy atom. The van der Waals surface area contributed by atoms with Crippen molar-refractivity contribution in [1.29, 1.82) is 0 Å². The summed E-state index contributed by atoms with van der Waals surface area (Å²) in [5.74, 6) is 1.31. The molecule has 190 valence electrons. The van der Waals surface area contributed by atoms with Crippen LogP contribution in [0.2, 0.25) is 0 Å². The third-order valence-electron chi connectivity index (χ3n) is 5.81. The third kappa shape index (κ3) is 6.91. The van der Waals surface area contributed by atoms with Gasteiger partial charge in [-0.3, -0.25) is 0 Å². The van der Waals surface area contributed by atoms with Gasteiger partial charge in [0.15, 0.2) is 0 Å². The topological polar surface area (TPSA) is 101 Å². The molecular formula is C28H34N4O4. The Morgan fingerprint density at radius 1 is 0.611 bits per heavy atom. The lowest BCUT2D eigenvalue weighted by Crippen LogP contribution is -2.45. The van der Waals surface area contributed by atoms with E-state index in [1.54, 1.807) is 38.5 Å². The van der Waals surface area contributed by atoms with E-state index in [9.17, 15) is 9.59 Å². The van der Waals surface area contributed by atoms with Gasteiger partial charge in [0.2, 0.25) is 0 Å². The standard InChI is InChI=1S/C28H34N4O4/c1-27(2,31-25(33)29-21-12-8-14-23(17-21)35-5)19-10-7-11-20(16-19)28(3,4)32-26(34)30-22-13-9-15-24(18-22)36-6/h7-18H,1-6H3,(H2,29,31,33)(H2,30,32,34). The molecule has 4 amide bonds. The second-order valence-corrected chi connectivity index (χ2v) is 9.45. The van der Waals surface area contributed by atoms with Crippen LogP contribution in [0.4, 0.5) is 21.0 Å². The monoisotopic (exact) mass is 490 g/mol. The lowest BCUT2D eigenvalue weighted by atomic mass is 9.87. The highest BCUT2D eigenvalue weighted by atomic mass is 16.5. The minimum Gasteiger partial charge on any atom is -0.497 e. The van der Waals surface area contributed by atoms with Crippen molar-refractivity contribution < 1.29 is 19.1 Å². The summed E-state index contributed by atoms with van der Waals surface area (Å²) in [6.07, 6.45) is 0. The first-order chi connectivity index (χ1) is 17.0. The summed E-state index contributed by atoms with van der Waals surface area (Å²) in [5.41, 5.74) is 1.68. The number of methoxy groups -OCH3 is 2. The molecule has 0 radical (unpaired) electrons. The van der Waals surface area contributed by atoms with Crippen LogP contribution in [0.15, 0.2) is 72.8 Å². The van der Waals surface area contributed by atoms with Gasteiger partial charge < -0.3 is 30.7 Å². The van der Waals surface area contributed by atoms with Gasteiger partial charge >= 0.3 is 12.1 Å². The van der Waals surface area contributed by atoms with Crippen LogP contribution in [-0.2, 0) is 11.1 Å². The van der Waals surface area contributed by atoms with Gasteiger partial charge in [-0.2, -0.15) is 0 Å². The molecular weight excluding hydrogens is 456 g/mol. The minimum atomic E-state index is -0.683. The first-order valence-electron chi connectivity index (χ1n) is 11.6. The zero-order valence-corrected chi connectivity index (χ0v) is 21.6. The van der Waals surface area contributed by atoms with Crippen molar-refractivity contribution >= 4 is 23.4 Å². The van der Waals surface area contributed by atoms with E-state index in [0.717, 1.165) is 11.1 Å². The van der Waals surface area contributed by atoms with Crippen LogP contribution < -0.4 is 30.7 Å². The quantitative estimate of drug-likeness (QED) is 0.320. The molecule has 0 heterocycles. The van der Waals surface area contributed by atoms with E-state index in [2.05, 4.69) is 21.3 Å².